The quantitative estimate of drug-likeness (QED) is 0.418. The predicted molar refractivity (Wildman–Crippen MR) is 128 cm³/mol. The number of aliphatic hydroxyl groups excluding tert-OH is 1. The molecule has 1 unspecified atom stereocenters. The van der Waals surface area contributed by atoms with Crippen LogP contribution < -0.4 is 11.1 Å². The van der Waals surface area contributed by atoms with Crippen molar-refractivity contribution in [1.29, 1.82) is 0 Å². The second-order valence-corrected chi connectivity index (χ2v) is 7.96. The standard InChI is InChI=1S/C24H27ClN4O4/c25-21-8-4-3-5-17(21)9-10-23(31)29(15-20(26)16-30)11-12-33-24(32)28-22-13-18-6-1-2-7-19(18)14-27-22/h1-8,13-14,20,30H,9-12,15-16,26H2,(H,27,28,32). The normalized spacial score (nSPS) is 11.7. The van der Waals surface area contributed by atoms with Crippen molar-refractivity contribution < 1.29 is 19.4 Å². The number of anilines is 1. The van der Waals surface area contributed by atoms with E-state index in [9.17, 15) is 14.7 Å². The van der Waals surface area contributed by atoms with Crippen LogP contribution in [0.2, 0.25) is 5.02 Å². The second-order valence-electron chi connectivity index (χ2n) is 7.55. The van der Waals surface area contributed by atoms with Crippen molar-refractivity contribution in [2.45, 2.75) is 18.9 Å². The number of fused-ring (bicyclic) bond motifs is 1. The van der Waals surface area contributed by atoms with Crippen LogP contribution in [-0.2, 0) is 16.0 Å². The van der Waals surface area contributed by atoms with E-state index in [1.165, 1.54) is 4.90 Å². The molecule has 4 N–H and O–H groups in total. The predicted octanol–water partition coefficient (Wildman–Crippen LogP) is 3.22. The lowest BCUT2D eigenvalue weighted by Gasteiger charge is -2.25. The number of carbonyl (C=O) groups excluding carboxylic acids is 2. The smallest absolute Gasteiger partial charge is 0.412 e. The summed E-state index contributed by atoms with van der Waals surface area (Å²) >= 11 is 6.16. The van der Waals surface area contributed by atoms with Gasteiger partial charge in [-0.25, -0.2) is 9.78 Å². The molecule has 0 fully saturated rings. The van der Waals surface area contributed by atoms with E-state index in [0.717, 1.165) is 16.3 Å². The van der Waals surface area contributed by atoms with E-state index in [2.05, 4.69) is 10.3 Å². The molecular formula is C24H27ClN4O4. The summed E-state index contributed by atoms with van der Waals surface area (Å²) in [4.78, 5) is 30.6. The highest BCUT2D eigenvalue weighted by Crippen LogP contribution is 2.18. The first kappa shape index (κ1) is 24.4. The number of hydrogen-bond acceptors (Lipinski definition) is 6. The SMILES string of the molecule is NC(CO)CN(CCOC(=O)Nc1cc2ccccc2cn1)C(=O)CCc1ccccc1Cl. The number of benzene rings is 2. The van der Waals surface area contributed by atoms with Gasteiger partial charge >= 0.3 is 6.09 Å². The van der Waals surface area contributed by atoms with Crippen LogP contribution in [0.5, 0.6) is 0 Å². The van der Waals surface area contributed by atoms with E-state index in [4.69, 9.17) is 22.1 Å². The van der Waals surface area contributed by atoms with Gasteiger partial charge in [-0.3, -0.25) is 10.1 Å². The molecule has 33 heavy (non-hydrogen) atoms. The minimum absolute atomic E-state index is 0.0323. The first-order valence-corrected chi connectivity index (χ1v) is 11.0. The number of ether oxygens (including phenoxy) is 1. The number of nitrogens with one attached hydrogen (secondary N) is 1. The summed E-state index contributed by atoms with van der Waals surface area (Å²) in [7, 11) is 0. The van der Waals surface area contributed by atoms with E-state index in [1.807, 2.05) is 42.5 Å². The van der Waals surface area contributed by atoms with Crippen LogP contribution >= 0.6 is 11.6 Å². The van der Waals surface area contributed by atoms with E-state index in [1.54, 1.807) is 18.3 Å². The summed E-state index contributed by atoms with van der Waals surface area (Å²) in [5.74, 6) is 0.202. The molecule has 1 heterocycles. The third-order valence-corrected chi connectivity index (χ3v) is 5.43. The molecule has 2 aromatic carbocycles. The molecule has 8 nitrogen and oxygen atoms in total. The Morgan fingerprint density at radius 2 is 1.88 bits per heavy atom. The fourth-order valence-electron chi connectivity index (χ4n) is 3.30. The van der Waals surface area contributed by atoms with Crippen molar-refractivity contribution in [3.05, 3.63) is 71.4 Å². The maximum atomic E-state index is 12.8. The average molecular weight is 471 g/mol. The molecule has 174 valence electrons. The number of nitrogens with zero attached hydrogens (tertiary/aromatic N) is 2. The zero-order valence-electron chi connectivity index (χ0n) is 18.1. The molecule has 0 spiro atoms. The Morgan fingerprint density at radius 1 is 1.15 bits per heavy atom. The van der Waals surface area contributed by atoms with Crippen LogP contribution in [0.4, 0.5) is 10.6 Å². The zero-order chi connectivity index (χ0) is 23.6. The van der Waals surface area contributed by atoms with Crippen LogP contribution in [0.1, 0.15) is 12.0 Å². The van der Waals surface area contributed by atoms with Gasteiger partial charge in [0.2, 0.25) is 5.91 Å². The third-order valence-electron chi connectivity index (χ3n) is 5.06. The Balaban J connectivity index is 1.51. The summed E-state index contributed by atoms with van der Waals surface area (Å²) in [5, 5.41) is 14.4. The average Bonchev–Trinajstić information content (AvgIpc) is 2.82. The number of nitrogens with two attached hydrogens (primary N) is 1. The number of hydrogen-bond donors (Lipinski definition) is 3. The minimum Gasteiger partial charge on any atom is -0.447 e. The molecule has 0 radical (unpaired) electrons. The van der Waals surface area contributed by atoms with Crippen LogP contribution in [0, 0.1) is 0 Å². The lowest BCUT2D eigenvalue weighted by molar-refractivity contribution is -0.132. The van der Waals surface area contributed by atoms with Gasteiger partial charge in [0.25, 0.3) is 0 Å². The Labute approximate surface area is 197 Å². The van der Waals surface area contributed by atoms with Crippen LogP contribution in [0.3, 0.4) is 0 Å². The van der Waals surface area contributed by atoms with Gasteiger partial charge in [0.15, 0.2) is 0 Å². The van der Waals surface area contributed by atoms with Crippen LogP contribution in [0.15, 0.2) is 60.8 Å². The molecule has 0 aliphatic rings. The largest absolute Gasteiger partial charge is 0.447 e. The molecule has 2 amide bonds. The van der Waals surface area contributed by atoms with Gasteiger partial charge in [-0.2, -0.15) is 0 Å². The molecule has 3 rings (SSSR count). The summed E-state index contributed by atoms with van der Waals surface area (Å²) in [5.41, 5.74) is 6.70. The molecule has 0 aliphatic heterocycles. The van der Waals surface area contributed by atoms with Gasteiger partial charge in [0.1, 0.15) is 12.4 Å². The summed E-state index contributed by atoms with van der Waals surface area (Å²) in [6.07, 6.45) is 1.68. The van der Waals surface area contributed by atoms with Gasteiger partial charge < -0.3 is 20.5 Å². The number of carbonyl (C=O) groups is 2. The number of amides is 2. The first-order chi connectivity index (χ1) is 16.0. The summed E-state index contributed by atoms with van der Waals surface area (Å²) in [6, 6.07) is 16.2. The highest BCUT2D eigenvalue weighted by atomic mass is 35.5. The molecular weight excluding hydrogens is 444 g/mol. The number of pyridine rings is 1. The Morgan fingerprint density at radius 3 is 2.64 bits per heavy atom. The highest BCUT2D eigenvalue weighted by Gasteiger charge is 2.18. The molecule has 9 heteroatoms. The van der Waals surface area contributed by atoms with E-state index < -0.39 is 12.1 Å². The van der Waals surface area contributed by atoms with Crippen molar-refractivity contribution in [2.24, 2.45) is 5.73 Å². The molecule has 1 aromatic heterocycles. The number of aromatic nitrogens is 1. The summed E-state index contributed by atoms with van der Waals surface area (Å²) in [6.45, 7) is 0.00134. The molecule has 3 aromatic rings. The molecule has 0 aliphatic carbocycles. The van der Waals surface area contributed by atoms with Gasteiger partial charge in [-0.05, 0) is 29.5 Å². The van der Waals surface area contributed by atoms with Gasteiger partial charge in [0.05, 0.1) is 13.2 Å². The van der Waals surface area contributed by atoms with E-state index >= 15 is 0 Å². The number of aryl methyl sites for hydroxylation is 1. The third kappa shape index (κ3) is 7.42. The second kappa shape index (κ2) is 12.2. The van der Waals surface area contributed by atoms with Crippen molar-refractivity contribution in [3.63, 3.8) is 0 Å². The van der Waals surface area contributed by atoms with Gasteiger partial charge in [-0.15, -0.1) is 0 Å². The Hall–Kier alpha value is -3.20. The maximum absolute atomic E-state index is 12.8. The monoisotopic (exact) mass is 470 g/mol. The van der Waals surface area contributed by atoms with Crippen LogP contribution in [-0.4, -0.2) is 59.3 Å². The number of rotatable bonds is 10. The number of halogens is 1. The topological polar surface area (TPSA) is 118 Å². The molecule has 0 saturated carbocycles. The van der Waals surface area contributed by atoms with Crippen molar-refractivity contribution in [3.8, 4) is 0 Å². The maximum Gasteiger partial charge on any atom is 0.412 e. The molecule has 0 saturated heterocycles. The van der Waals surface area contributed by atoms with E-state index in [-0.39, 0.29) is 38.6 Å². The van der Waals surface area contributed by atoms with Crippen LogP contribution in [0.25, 0.3) is 10.8 Å². The minimum atomic E-state index is -0.673. The highest BCUT2D eigenvalue weighted by molar-refractivity contribution is 6.31. The van der Waals surface area contributed by atoms with Crippen molar-refractivity contribution in [2.75, 3.05) is 31.6 Å². The lowest BCUT2D eigenvalue weighted by Crippen LogP contribution is -2.44. The van der Waals surface area contributed by atoms with Gasteiger partial charge in [-0.1, -0.05) is 54.1 Å². The van der Waals surface area contributed by atoms with Gasteiger partial charge in [0, 0.05) is 35.6 Å². The Bertz CT molecular complexity index is 1090. The van der Waals surface area contributed by atoms with E-state index in [0.29, 0.717) is 17.3 Å². The lowest BCUT2D eigenvalue weighted by atomic mass is 10.1. The zero-order valence-corrected chi connectivity index (χ0v) is 18.9. The molecule has 1 atom stereocenters. The Kier molecular flexibility index (Phi) is 9.00. The summed E-state index contributed by atoms with van der Waals surface area (Å²) < 4.78 is 5.23. The number of aliphatic hydroxyl groups is 1. The fraction of sp³-hybridized carbons (Fsp3) is 0.292. The molecule has 0 bridgehead atoms. The van der Waals surface area contributed by atoms with Crippen molar-refractivity contribution in [1.82, 2.24) is 9.88 Å². The fourth-order valence-corrected chi connectivity index (χ4v) is 3.53. The first-order valence-electron chi connectivity index (χ1n) is 10.6. The van der Waals surface area contributed by atoms with Crippen molar-refractivity contribution >= 4 is 40.2 Å².